The molecule has 24 heavy (non-hydrogen) atoms. The van der Waals surface area contributed by atoms with E-state index in [1.807, 2.05) is 12.1 Å². The minimum atomic E-state index is -0.739. The van der Waals surface area contributed by atoms with E-state index < -0.39 is 10.9 Å². The van der Waals surface area contributed by atoms with E-state index in [4.69, 9.17) is 4.74 Å². The molecule has 6 nitrogen and oxygen atoms in total. The average molecular weight is 323 g/mol. The molecule has 3 aromatic carbocycles. The Balaban J connectivity index is 1.84. The highest BCUT2D eigenvalue weighted by molar-refractivity contribution is 6.01. The van der Waals surface area contributed by atoms with E-state index in [1.165, 1.54) is 18.2 Å². The maximum atomic E-state index is 12.2. The second-order valence-electron chi connectivity index (χ2n) is 5.14. The molecule has 0 aliphatic heterocycles. The van der Waals surface area contributed by atoms with Gasteiger partial charge in [0.05, 0.1) is 10.5 Å². The zero-order chi connectivity index (χ0) is 17.1. The smallest absolute Gasteiger partial charge is 0.342 e. The normalized spacial score (nSPS) is 10.5. The number of esters is 1. The summed E-state index contributed by atoms with van der Waals surface area (Å²) in [5.74, 6) is -0.905. The third-order valence-corrected chi connectivity index (χ3v) is 3.67. The van der Waals surface area contributed by atoms with Crippen LogP contribution in [0, 0.1) is 10.1 Å². The number of rotatable bonds is 4. The molecule has 0 fully saturated rings. The Labute approximate surface area is 137 Å². The van der Waals surface area contributed by atoms with E-state index in [0.29, 0.717) is 5.39 Å². The highest BCUT2D eigenvalue weighted by Crippen LogP contribution is 2.29. The van der Waals surface area contributed by atoms with Crippen molar-refractivity contribution < 1.29 is 19.6 Å². The van der Waals surface area contributed by atoms with Crippen molar-refractivity contribution in [3.8, 4) is 5.75 Å². The van der Waals surface area contributed by atoms with Gasteiger partial charge in [-0.1, -0.05) is 42.5 Å². The molecule has 0 saturated heterocycles. The van der Waals surface area contributed by atoms with Crippen LogP contribution in [0.25, 0.3) is 10.8 Å². The van der Waals surface area contributed by atoms with Crippen LogP contribution in [-0.4, -0.2) is 16.0 Å². The summed E-state index contributed by atoms with van der Waals surface area (Å²) in [7, 11) is 0. The first-order chi connectivity index (χ1) is 11.6. The average Bonchev–Trinajstić information content (AvgIpc) is 2.60. The largest absolute Gasteiger partial charge is 0.506 e. The number of aromatic hydroxyl groups is 1. The Bertz CT molecular complexity index is 936. The van der Waals surface area contributed by atoms with Crippen molar-refractivity contribution in [1.29, 1.82) is 0 Å². The topological polar surface area (TPSA) is 89.7 Å². The molecule has 0 amide bonds. The zero-order valence-corrected chi connectivity index (χ0v) is 12.5. The second-order valence-corrected chi connectivity index (χ2v) is 5.14. The van der Waals surface area contributed by atoms with Gasteiger partial charge in [-0.2, -0.15) is 0 Å². The Morgan fingerprint density at radius 1 is 1.04 bits per heavy atom. The van der Waals surface area contributed by atoms with Crippen molar-refractivity contribution in [2.75, 3.05) is 0 Å². The van der Waals surface area contributed by atoms with E-state index in [2.05, 4.69) is 0 Å². The molecule has 1 N–H and O–H groups in total. The van der Waals surface area contributed by atoms with E-state index >= 15 is 0 Å². The molecule has 0 aliphatic rings. The number of ether oxygens (including phenoxy) is 1. The summed E-state index contributed by atoms with van der Waals surface area (Å²) in [6.45, 7) is -0.248. The lowest BCUT2D eigenvalue weighted by Gasteiger charge is -2.09. The van der Waals surface area contributed by atoms with Gasteiger partial charge in [0.25, 0.3) is 5.69 Å². The van der Waals surface area contributed by atoms with Gasteiger partial charge >= 0.3 is 5.97 Å². The lowest BCUT2D eigenvalue weighted by Crippen LogP contribution is -2.07. The molecule has 0 unspecified atom stereocenters. The van der Waals surface area contributed by atoms with Crippen molar-refractivity contribution in [2.24, 2.45) is 0 Å². The van der Waals surface area contributed by atoms with Gasteiger partial charge in [0.2, 0.25) is 0 Å². The summed E-state index contributed by atoms with van der Waals surface area (Å²) in [5, 5.41) is 22.5. The highest BCUT2D eigenvalue weighted by atomic mass is 16.6. The summed E-state index contributed by atoms with van der Waals surface area (Å²) in [6, 6.07) is 16.3. The summed E-state index contributed by atoms with van der Waals surface area (Å²) >= 11 is 0. The minimum Gasteiger partial charge on any atom is -0.506 e. The molecular weight excluding hydrogens is 310 g/mol. The van der Waals surface area contributed by atoms with Crippen molar-refractivity contribution in [2.45, 2.75) is 6.61 Å². The summed E-state index contributed by atoms with van der Waals surface area (Å²) < 4.78 is 5.13. The number of nitro groups is 1. The second kappa shape index (κ2) is 6.37. The number of hydrogen-bond acceptors (Lipinski definition) is 5. The molecule has 0 aliphatic carbocycles. The number of nitro benzene ring substituents is 1. The maximum Gasteiger partial charge on any atom is 0.342 e. The SMILES string of the molecule is O=C(OCc1ccccc1[N+](=O)[O-])c1ccc2ccccc2c1O. The van der Waals surface area contributed by atoms with Crippen molar-refractivity contribution in [3.05, 3.63) is 81.9 Å². The molecule has 0 saturated carbocycles. The quantitative estimate of drug-likeness (QED) is 0.448. The maximum absolute atomic E-state index is 12.2. The molecule has 120 valence electrons. The van der Waals surface area contributed by atoms with E-state index in [-0.39, 0.29) is 29.2 Å². The molecule has 0 aromatic heterocycles. The van der Waals surface area contributed by atoms with Crippen LogP contribution in [0.4, 0.5) is 5.69 Å². The van der Waals surface area contributed by atoms with Crippen molar-refractivity contribution in [3.63, 3.8) is 0 Å². The van der Waals surface area contributed by atoms with Crippen LogP contribution >= 0.6 is 0 Å². The number of hydrogen-bond donors (Lipinski definition) is 1. The predicted molar refractivity (Wildman–Crippen MR) is 87.8 cm³/mol. The lowest BCUT2D eigenvalue weighted by molar-refractivity contribution is -0.385. The summed E-state index contributed by atoms with van der Waals surface area (Å²) in [6.07, 6.45) is 0. The van der Waals surface area contributed by atoms with Gasteiger partial charge in [-0.15, -0.1) is 0 Å². The van der Waals surface area contributed by atoms with Crippen LogP contribution in [0.2, 0.25) is 0 Å². The number of phenols is 1. The highest BCUT2D eigenvalue weighted by Gasteiger charge is 2.18. The standard InChI is InChI=1S/C18H13NO5/c20-17-14-7-3-1-5-12(14)9-10-15(17)18(21)24-11-13-6-2-4-8-16(13)19(22)23/h1-10,20H,11H2. The Kier molecular flexibility index (Phi) is 4.11. The van der Waals surface area contributed by atoms with Gasteiger partial charge in [-0.25, -0.2) is 4.79 Å². The van der Waals surface area contributed by atoms with Gasteiger partial charge in [-0.05, 0) is 17.5 Å². The first-order valence-corrected chi connectivity index (χ1v) is 7.18. The van der Waals surface area contributed by atoms with E-state index in [1.54, 1.807) is 30.3 Å². The van der Waals surface area contributed by atoms with Crippen LogP contribution in [0.15, 0.2) is 60.7 Å². The van der Waals surface area contributed by atoms with Gasteiger partial charge in [0.1, 0.15) is 17.9 Å². The van der Waals surface area contributed by atoms with Gasteiger partial charge in [0.15, 0.2) is 0 Å². The predicted octanol–water partition coefficient (Wildman–Crippen LogP) is 3.81. The van der Waals surface area contributed by atoms with Crippen molar-refractivity contribution in [1.82, 2.24) is 0 Å². The van der Waals surface area contributed by atoms with Gasteiger partial charge in [-0.3, -0.25) is 10.1 Å². The molecule has 0 spiro atoms. The molecule has 0 heterocycles. The Morgan fingerprint density at radius 3 is 2.54 bits per heavy atom. The Hall–Kier alpha value is -3.41. The molecular formula is C18H13NO5. The summed E-state index contributed by atoms with van der Waals surface area (Å²) in [4.78, 5) is 22.6. The number of fused-ring (bicyclic) bond motifs is 1. The number of phenolic OH excluding ortho intramolecular Hbond substituents is 1. The molecule has 6 heteroatoms. The summed E-state index contributed by atoms with van der Waals surface area (Å²) in [5.41, 5.74) is 0.191. The number of nitrogens with zero attached hydrogens (tertiary/aromatic N) is 1. The van der Waals surface area contributed by atoms with Crippen molar-refractivity contribution >= 4 is 22.4 Å². The van der Waals surface area contributed by atoms with Crippen LogP contribution in [0.1, 0.15) is 15.9 Å². The molecule has 0 atom stereocenters. The van der Waals surface area contributed by atoms with E-state index in [9.17, 15) is 20.0 Å². The monoisotopic (exact) mass is 323 g/mol. The number of benzene rings is 3. The zero-order valence-electron chi connectivity index (χ0n) is 12.5. The third kappa shape index (κ3) is 2.89. The molecule has 3 aromatic rings. The van der Waals surface area contributed by atoms with Gasteiger partial charge in [0, 0.05) is 11.5 Å². The third-order valence-electron chi connectivity index (χ3n) is 3.67. The minimum absolute atomic E-state index is 0.0206. The molecule has 0 bridgehead atoms. The van der Waals surface area contributed by atoms with E-state index in [0.717, 1.165) is 5.39 Å². The fourth-order valence-electron chi connectivity index (χ4n) is 2.45. The number of carbonyl (C=O) groups is 1. The lowest BCUT2D eigenvalue weighted by atomic mass is 10.1. The van der Waals surface area contributed by atoms with Crippen LogP contribution in [0.3, 0.4) is 0 Å². The number of carbonyl (C=O) groups excluding carboxylic acids is 1. The van der Waals surface area contributed by atoms with Gasteiger partial charge < -0.3 is 9.84 Å². The fraction of sp³-hybridized carbons (Fsp3) is 0.0556. The van der Waals surface area contributed by atoms with Crippen LogP contribution in [0.5, 0.6) is 5.75 Å². The molecule has 0 radical (unpaired) electrons. The molecule has 3 rings (SSSR count). The fourth-order valence-corrected chi connectivity index (χ4v) is 2.45. The van der Waals surface area contributed by atoms with Crippen LogP contribution < -0.4 is 0 Å². The first kappa shape index (κ1) is 15.5. The number of para-hydroxylation sites is 1. The first-order valence-electron chi connectivity index (χ1n) is 7.18. The Morgan fingerprint density at radius 2 is 1.75 bits per heavy atom. The van der Waals surface area contributed by atoms with Crippen LogP contribution in [-0.2, 0) is 11.3 Å².